The summed E-state index contributed by atoms with van der Waals surface area (Å²) in [6.45, 7) is 13.8. The van der Waals surface area contributed by atoms with Crippen molar-refractivity contribution < 1.29 is 12.0 Å². The van der Waals surface area contributed by atoms with Gasteiger partial charge in [0.1, 0.15) is 11.6 Å². The van der Waals surface area contributed by atoms with Gasteiger partial charge in [-0.3, -0.25) is 9.55 Å². The summed E-state index contributed by atoms with van der Waals surface area (Å²) in [6.07, 6.45) is 1.79. The van der Waals surface area contributed by atoms with Crippen molar-refractivity contribution in [1.82, 2.24) is 14.5 Å². The summed E-state index contributed by atoms with van der Waals surface area (Å²) in [5.74, 6) is -1.87. The molecule has 0 spiro atoms. The van der Waals surface area contributed by atoms with E-state index in [1.54, 1.807) is 38.2 Å². The minimum absolute atomic E-state index is 0.0537. The quantitative estimate of drug-likeness (QED) is 0.149. The number of aromatic hydroxyl groups is 1. The van der Waals surface area contributed by atoms with Crippen LogP contribution in [-0.2, 0) is 5.41 Å². The van der Waals surface area contributed by atoms with Crippen molar-refractivity contribution in [1.29, 1.82) is 0 Å². The van der Waals surface area contributed by atoms with Gasteiger partial charge in [-0.2, -0.15) is 0 Å². The molecule has 2 heterocycles. The highest BCUT2D eigenvalue weighted by Crippen LogP contribution is 2.46. The Bertz CT molecular complexity index is 3750. The summed E-state index contributed by atoms with van der Waals surface area (Å²) in [5.41, 5.74) is 17.6. The van der Waals surface area contributed by atoms with E-state index in [0.717, 1.165) is 83.7 Å². The van der Waals surface area contributed by atoms with Crippen LogP contribution >= 0.6 is 0 Å². The van der Waals surface area contributed by atoms with Crippen LogP contribution in [0.5, 0.6) is 5.75 Å². The number of benzene rings is 8. The maximum atomic E-state index is 12.6. The SMILES string of the molecule is [2H]C([2H])([2H])c1ccc(-c2ccnc(-c3cc(-c4ccccc4)cc(-c4cccc5c4nc(-c4cc(C([2H])(C)C)cc(C([2H])(C)C)c4O)n5-c4cc(-c5ccccc5)c(C)cc4-c4ccc(C(C)(C)C)cc4)c3)c2)cc1. The zero-order chi connectivity index (χ0) is 53.2. The summed E-state index contributed by atoms with van der Waals surface area (Å²) in [5, 5.41) is 12.6. The Balaban J connectivity index is 1.28. The van der Waals surface area contributed by atoms with Crippen molar-refractivity contribution in [2.24, 2.45) is 0 Å². The van der Waals surface area contributed by atoms with Gasteiger partial charge in [-0.15, -0.1) is 0 Å². The lowest BCUT2D eigenvalue weighted by Gasteiger charge is -2.22. The monoisotopic (exact) mass is 917 g/mol. The Kier molecular flexibility index (Phi) is 10.6. The molecular weight excluding hydrogens is 851 g/mol. The number of hydrogen-bond donors (Lipinski definition) is 1. The van der Waals surface area contributed by atoms with Gasteiger partial charge < -0.3 is 5.11 Å². The molecule has 0 aliphatic carbocycles. The molecule has 10 aromatic rings. The van der Waals surface area contributed by atoms with Gasteiger partial charge in [0, 0.05) is 29.7 Å². The first-order valence-electron chi connectivity index (χ1n) is 26.5. The predicted molar refractivity (Wildman–Crippen MR) is 295 cm³/mol. The second kappa shape index (κ2) is 18.6. The molecule has 1 N–H and O–H groups in total. The maximum absolute atomic E-state index is 12.6. The number of fused-ring (bicyclic) bond motifs is 1. The Morgan fingerprint density at radius 1 is 0.543 bits per heavy atom. The van der Waals surface area contributed by atoms with Crippen LogP contribution in [0.2, 0.25) is 0 Å². The first-order chi connectivity index (χ1) is 35.5. The van der Waals surface area contributed by atoms with Crippen molar-refractivity contribution >= 4 is 11.0 Å². The number of aryl methyl sites for hydroxylation is 2. The second-order valence-corrected chi connectivity index (χ2v) is 19.9. The zero-order valence-electron chi connectivity index (χ0n) is 46.2. The van der Waals surface area contributed by atoms with Crippen molar-refractivity contribution in [3.05, 3.63) is 216 Å². The molecule has 4 heteroatoms. The van der Waals surface area contributed by atoms with Gasteiger partial charge >= 0.3 is 0 Å². The molecule has 0 saturated heterocycles. The molecule has 0 radical (unpaired) electrons. The Hall–Kier alpha value is -7.82. The fourth-order valence-corrected chi connectivity index (χ4v) is 9.58. The highest BCUT2D eigenvalue weighted by Gasteiger charge is 2.26. The van der Waals surface area contributed by atoms with E-state index in [0.29, 0.717) is 28.0 Å². The zero-order valence-corrected chi connectivity index (χ0v) is 41.2. The van der Waals surface area contributed by atoms with Gasteiger partial charge in [0.15, 0.2) is 0 Å². The number of nitrogens with zero attached hydrogens (tertiary/aromatic N) is 3. The Labute approximate surface area is 421 Å². The van der Waals surface area contributed by atoms with Crippen molar-refractivity contribution in [2.45, 2.75) is 79.4 Å². The number of imidazole rings is 1. The van der Waals surface area contributed by atoms with E-state index in [2.05, 4.69) is 141 Å². The third kappa shape index (κ3) is 8.87. The third-order valence-electron chi connectivity index (χ3n) is 13.5. The fourth-order valence-electron chi connectivity index (χ4n) is 9.58. The smallest absolute Gasteiger partial charge is 0.149 e. The van der Waals surface area contributed by atoms with Gasteiger partial charge in [0.05, 0.1) is 28.0 Å². The molecule has 4 nitrogen and oxygen atoms in total. The average molecular weight is 917 g/mol. The highest BCUT2D eigenvalue weighted by atomic mass is 16.3. The number of aromatic nitrogens is 3. The Morgan fingerprint density at radius 2 is 1.19 bits per heavy atom. The molecule has 0 amide bonds. The normalized spacial score (nSPS) is 13.3. The minimum Gasteiger partial charge on any atom is -0.507 e. The van der Waals surface area contributed by atoms with Crippen LogP contribution in [0.1, 0.15) is 94.9 Å². The predicted octanol–water partition coefficient (Wildman–Crippen LogP) is 18.0. The molecule has 346 valence electrons. The lowest BCUT2D eigenvalue weighted by Crippen LogP contribution is -2.10. The summed E-state index contributed by atoms with van der Waals surface area (Å²) in [6, 6.07) is 61.3. The third-order valence-corrected chi connectivity index (χ3v) is 13.5. The first-order valence-corrected chi connectivity index (χ1v) is 24.0. The van der Waals surface area contributed by atoms with Crippen LogP contribution in [-0.4, -0.2) is 19.6 Å². The molecule has 70 heavy (non-hydrogen) atoms. The van der Waals surface area contributed by atoms with Crippen molar-refractivity contribution in [2.75, 3.05) is 0 Å². The number of pyridine rings is 1. The number of para-hydroxylation sites is 1. The van der Waals surface area contributed by atoms with E-state index >= 15 is 0 Å². The maximum Gasteiger partial charge on any atom is 0.149 e. The van der Waals surface area contributed by atoms with E-state index in [1.165, 1.54) is 5.56 Å². The van der Waals surface area contributed by atoms with Crippen LogP contribution in [0.25, 0.3) is 95.0 Å². The molecule has 0 fully saturated rings. The molecule has 2 aromatic heterocycles. The van der Waals surface area contributed by atoms with E-state index in [-0.39, 0.29) is 16.7 Å². The van der Waals surface area contributed by atoms with Crippen molar-refractivity contribution in [3.8, 4) is 89.7 Å². The summed E-state index contributed by atoms with van der Waals surface area (Å²) in [4.78, 5) is 10.6. The lowest BCUT2D eigenvalue weighted by atomic mass is 9.85. The van der Waals surface area contributed by atoms with E-state index in [9.17, 15) is 7.85 Å². The number of phenolic OH excluding ortho intramolecular Hbond substituents is 1. The highest BCUT2D eigenvalue weighted by molar-refractivity contribution is 5.99. The van der Waals surface area contributed by atoms with Crippen LogP contribution in [0, 0.1) is 13.8 Å². The topological polar surface area (TPSA) is 50.9 Å². The number of phenols is 1. The van der Waals surface area contributed by atoms with Gasteiger partial charge in [0.2, 0.25) is 0 Å². The molecule has 0 bridgehead atoms. The van der Waals surface area contributed by atoms with Gasteiger partial charge in [-0.25, -0.2) is 4.98 Å². The summed E-state index contributed by atoms with van der Waals surface area (Å²) in [7, 11) is 0. The standard InChI is InChI=1S/C66H61N3O/c1-41(2)50-37-56(42(3)4)64(70)59(38-50)65-68-63-55(52-34-51(45-17-12-10-13-18-45)35-53(36-52)60-39-49(31-32-67-60)46-25-23-43(5)24-26-46)21-16-22-61(63)69(65)62-40-57(47-19-14-11-15-20-47)44(6)33-58(62)48-27-29-54(30-28-48)66(7,8)9/h10-42,70H,1-9H3/i5D3,41D,42D. The molecule has 0 aliphatic heterocycles. The molecule has 0 unspecified atom stereocenters. The van der Waals surface area contributed by atoms with Crippen molar-refractivity contribution in [3.63, 3.8) is 0 Å². The molecule has 8 aromatic carbocycles. The van der Waals surface area contributed by atoms with Crippen LogP contribution in [0.15, 0.2) is 188 Å². The second-order valence-electron chi connectivity index (χ2n) is 19.9. The summed E-state index contributed by atoms with van der Waals surface area (Å²) < 4.78 is 44.5. The van der Waals surface area contributed by atoms with Crippen LogP contribution < -0.4 is 0 Å². The van der Waals surface area contributed by atoms with Crippen LogP contribution in [0.4, 0.5) is 0 Å². The molecule has 0 aliphatic rings. The minimum atomic E-state index is -2.20. The van der Waals surface area contributed by atoms with E-state index in [4.69, 9.17) is 14.1 Å². The molecule has 0 saturated carbocycles. The fraction of sp³-hybridized carbons (Fsp3) is 0.182. The molecular formula is C66H61N3O. The van der Waals surface area contributed by atoms with Gasteiger partial charge in [-0.1, -0.05) is 181 Å². The van der Waals surface area contributed by atoms with E-state index in [1.807, 2.05) is 68.4 Å². The van der Waals surface area contributed by atoms with Gasteiger partial charge in [-0.05, 0) is 152 Å². The largest absolute Gasteiger partial charge is 0.507 e. The lowest BCUT2D eigenvalue weighted by molar-refractivity contribution is 0.466. The van der Waals surface area contributed by atoms with Gasteiger partial charge in [0.25, 0.3) is 0 Å². The van der Waals surface area contributed by atoms with Crippen LogP contribution in [0.3, 0.4) is 0 Å². The summed E-state index contributed by atoms with van der Waals surface area (Å²) >= 11 is 0. The average Bonchev–Trinajstić information content (AvgIpc) is 3.77. The number of hydrogen-bond acceptors (Lipinski definition) is 3. The molecule has 0 atom stereocenters. The first kappa shape index (κ1) is 40.1. The number of rotatable bonds is 10. The van der Waals surface area contributed by atoms with E-state index < -0.39 is 18.6 Å². The Morgan fingerprint density at radius 3 is 1.86 bits per heavy atom. The molecule has 10 rings (SSSR count).